The number of carboxylic acid groups (broad SMARTS) is 1. The van der Waals surface area contributed by atoms with Gasteiger partial charge in [0, 0.05) is 12.0 Å². The van der Waals surface area contributed by atoms with Gasteiger partial charge in [-0.15, -0.1) is 0 Å². The number of carbonyl (C=O) groups is 2. The first-order chi connectivity index (χ1) is 7.79. The molecule has 0 aromatic heterocycles. The zero-order valence-corrected chi connectivity index (χ0v) is 10.1. The van der Waals surface area contributed by atoms with Crippen LogP contribution in [-0.2, 0) is 14.3 Å². The molecule has 0 aromatic carbocycles. The summed E-state index contributed by atoms with van der Waals surface area (Å²) in [6.07, 6.45) is -0.534. The van der Waals surface area contributed by atoms with Crippen LogP contribution >= 0.6 is 0 Å². The molecule has 2 heterocycles. The molecule has 0 unspecified atom stereocenters. The van der Waals surface area contributed by atoms with Gasteiger partial charge in [0.2, 0.25) is 5.91 Å². The molecular formula is C11H16N2O4. The topological polar surface area (TPSA) is 92.9 Å². The van der Waals surface area contributed by atoms with Crippen LogP contribution in [0.25, 0.3) is 0 Å². The van der Waals surface area contributed by atoms with E-state index < -0.39 is 23.5 Å². The Bertz CT molecular complexity index is 422. The summed E-state index contributed by atoms with van der Waals surface area (Å²) in [6, 6.07) is 0. The molecule has 0 saturated carbocycles. The number of nitrogens with two attached hydrogens (primary N) is 1. The molecule has 2 atom stereocenters. The van der Waals surface area contributed by atoms with Gasteiger partial charge in [-0.3, -0.25) is 9.69 Å². The van der Waals surface area contributed by atoms with E-state index in [2.05, 4.69) is 0 Å². The lowest BCUT2D eigenvalue weighted by atomic mass is 9.92. The molecule has 6 heteroatoms. The minimum Gasteiger partial charge on any atom is -0.476 e. The normalized spacial score (nSPS) is 27.8. The maximum atomic E-state index is 11.7. The van der Waals surface area contributed by atoms with E-state index in [0.717, 1.165) is 0 Å². The van der Waals surface area contributed by atoms with Crippen molar-refractivity contribution in [2.45, 2.75) is 27.0 Å². The second-order valence-electron chi connectivity index (χ2n) is 5.29. The molecule has 0 aliphatic carbocycles. The summed E-state index contributed by atoms with van der Waals surface area (Å²) < 4.78 is 5.60. The number of hydrogen-bond donors (Lipinski definition) is 2. The van der Waals surface area contributed by atoms with Gasteiger partial charge in [-0.2, -0.15) is 0 Å². The number of allylic oxidation sites excluding steroid dienone is 1. The lowest BCUT2D eigenvalue weighted by Gasteiger charge is -2.40. The molecule has 1 fully saturated rings. The predicted octanol–water partition coefficient (Wildman–Crippen LogP) is 0.102. The van der Waals surface area contributed by atoms with Crippen molar-refractivity contribution < 1.29 is 19.4 Å². The van der Waals surface area contributed by atoms with Crippen molar-refractivity contribution in [2.75, 3.05) is 6.54 Å². The Morgan fingerprint density at radius 2 is 2.12 bits per heavy atom. The molecule has 0 spiro atoms. The van der Waals surface area contributed by atoms with Crippen molar-refractivity contribution >= 4 is 11.9 Å². The Labute approximate surface area is 99.0 Å². The van der Waals surface area contributed by atoms with E-state index in [-0.39, 0.29) is 18.1 Å². The third-order valence-corrected chi connectivity index (χ3v) is 2.99. The molecule has 1 amide bonds. The van der Waals surface area contributed by atoms with Gasteiger partial charge in [-0.1, -0.05) is 20.8 Å². The van der Waals surface area contributed by atoms with Crippen LogP contribution in [0, 0.1) is 11.3 Å². The third-order valence-electron chi connectivity index (χ3n) is 2.99. The Morgan fingerprint density at radius 3 is 2.53 bits per heavy atom. The number of aliphatic carboxylic acids is 1. The van der Waals surface area contributed by atoms with Crippen molar-refractivity contribution in [3.63, 3.8) is 0 Å². The van der Waals surface area contributed by atoms with E-state index in [9.17, 15) is 14.7 Å². The highest BCUT2D eigenvalue weighted by Crippen LogP contribution is 2.45. The Balaban J connectivity index is 2.40. The van der Waals surface area contributed by atoms with Gasteiger partial charge < -0.3 is 15.6 Å². The molecule has 17 heavy (non-hydrogen) atoms. The summed E-state index contributed by atoms with van der Waals surface area (Å²) in [5, 5.41) is 9.18. The average Bonchev–Trinajstić information content (AvgIpc) is 2.53. The molecule has 1 saturated heterocycles. The maximum absolute atomic E-state index is 11.7. The zero-order chi connectivity index (χ0) is 13.0. The number of rotatable bonds is 2. The quantitative estimate of drug-likeness (QED) is 0.668. The number of β-lactam (4-membered cyclic amide) rings is 1. The largest absolute Gasteiger partial charge is 0.476 e. The van der Waals surface area contributed by atoms with E-state index in [0.29, 0.717) is 5.76 Å². The second-order valence-corrected chi connectivity index (χ2v) is 5.29. The molecule has 0 bridgehead atoms. The number of nitrogens with zero attached hydrogens (tertiary/aromatic N) is 1. The summed E-state index contributed by atoms with van der Waals surface area (Å²) in [5.74, 6) is -1.49. The number of carbonyl (C=O) groups excluding carboxylic acids is 1. The van der Waals surface area contributed by atoms with Crippen LogP contribution in [-0.4, -0.2) is 34.7 Å². The van der Waals surface area contributed by atoms with Crippen LogP contribution in [0.5, 0.6) is 0 Å². The van der Waals surface area contributed by atoms with Crippen LogP contribution in [0.1, 0.15) is 20.8 Å². The number of ether oxygens (including phenoxy) is 1. The average molecular weight is 240 g/mol. The minimum atomic E-state index is -1.14. The standard InChI is InChI=1S/C11H16N2O4/c1-11(2,3)7-6(10(15)16)13-8(14)5(4-12)9(13)17-7/h5,9H,4,12H2,1-3H3,(H,15,16)/t5-,9+/m0/s1. The van der Waals surface area contributed by atoms with Gasteiger partial charge in [0.25, 0.3) is 0 Å². The molecule has 94 valence electrons. The monoisotopic (exact) mass is 240 g/mol. The highest BCUT2D eigenvalue weighted by atomic mass is 16.5. The summed E-state index contributed by atoms with van der Waals surface area (Å²) in [5.41, 5.74) is 4.96. The van der Waals surface area contributed by atoms with Crippen molar-refractivity contribution in [1.82, 2.24) is 4.90 Å². The lowest BCUT2D eigenvalue weighted by molar-refractivity contribution is -0.171. The highest BCUT2D eigenvalue weighted by molar-refractivity contribution is 5.98. The van der Waals surface area contributed by atoms with E-state index >= 15 is 0 Å². The van der Waals surface area contributed by atoms with E-state index in [1.54, 1.807) is 0 Å². The first-order valence-corrected chi connectivity index (χ1v) is 5.47. The van der Waals surface area contributed by atoms with Gasteiger partial charge in [0.15, 0.2) is 11.9 Å². The number of hydrogen-bond acceptors (Lipinski definition) is 4. The molecule has 2 aliphatic rings. The van der Waals surface area contributed by atoms with Gasteiger partial charge in [0.1, 0.15) is 11.7 Å². The van der Waals surface area contributed by atoms with Crippen molar-refractivity contribution in [3.05, 3.63) is 11.5 Å². The molecule has 6 nitrogen and oxygen atoms in total. The molecule has 3 N–H and O–H groups in total. The second kappa shape index (κ2) is 3.46. The summed E-state index contributed by atoms with van der Waals surface area (Å²) in [7, 11) is 0. The third kappa shape index (κ3) is 1.51. The van der Waals surface area contributed by atoms with E-state index in [1.807, 2.05) is 20.8 Å². The minimum absolute atomic E-state index is 0.0443. The number of carboxylic acids is 1. The molecule has 2 aliphatic heterocycles. The predicted molar refractivity (Wildman–Crippen MR) is 58.4 cm³/mol. The Kier molecular flexibility index (Phi) is 2.43. The summed E-state index contributed by atoms with van der Waals surface area (Å²) in [4.78, 5) is 24.2. The van der Waals surface area contributed by atoms with Crippen molar-refractivity contribution in [1.29, 1.82) is 0 Å². The van der Waals surface area contributed by atoms with Crippen molar-refractivity contribution in [3.8, 4) is 0 Å². The summed E-state index contributed by atoms with van der Waals surface area (Å²) in [6.45, 7) is 5.71. The fourth-order valence-corrected chi connectivity index (χ4v) is 2.13. The van der Waals surface area contributed by atoms with Crippen molar-refractivity contribution in [2.24, 2.45) is 17.1 Å². The number of amides is 1. The smallest absolute Gasteiger partial charge is 0.356 e. The fourth-order valence-electron chi connectivity index (χ4n) is 2.13. The maximum Gasteiger partial charge on any atom is 0.356 e. The van der Waals surface area contributed by atoms with E-state index in [1.165, 1.54) is 4.90 Å². The van der Waals surface area contributed by atoms with Crippen LogP contribution < -0.4 is 5.73 Å². The SMILES string of the molecule is CC(C)(C)C1=C(C(=O)O)N2C(=O)[C@H](CN)[C@H]2O1. The molecule has 0 aromatic rings. The van der Waals surface area contributed by atoms with Gasteiger partial charge >= 0.3 is 5.97 Å². The van der Waals surface area contributed by atoms with Crippen LogP contribution in [0.15, 0.2) is 11.5 Å². The van der Waals surface area contributed by atoms with Crippen LogP contribution in [0.3, 0.4) is 0 Å². The zero-order valence-electron chi connectivity index (χ0n) is 10.1. The van der Waals surface area contributed by atoms with Gasteiger partial charge in [-0.05, 0) is 0 Å². The van der Waals surface area contributed by atoms with Gasteiger partial charge in [0.05, 0.1) is 0 Å². The van der Waals surface area contributed by atoms with E-state index in [4.69, 9.17) is 10.5 Å². The first-order valence-electron chi connectivity index (χ1n) is 5.47. The number of fused-ring (bicyclic) bond motifs is 1. The first kappa shape index (κ1) is 11.9. The Morgan fingerprint density at radius 1 is 1.53 bits per heavy atom. The fraction of sp³-hybridized carbons (Fsp3) is 0.636. The Hall–Kier alpha value is -1.56. The lowest BCUT2D eigenvalue weighted by Crippen LogP contribution is -2.61. The highest BCUT2D eigenvalue weighted by Gasteiger charge is 2.58. The van der Waals surface area contributed by atoms with Crippen LogP contribution in [0.2, 0.25) is 0 Å². The van der Waals surface area contributed by atoms with Crippen LogP contribution in [0.4, 0.5) is 0 Å². The molecule has 2 rings (SSSR count). The molecular weight excluding hydrogens is 224 g/mol. The van der Waals surface area contributed by atoms with Gasteiger partial charge in [-0.25, -0.2) is 4.79 Å². The molecule has 0 radical (unpaired) electrons. The summed E-state index contributed by atoms with van der Waals surface area (Å²) >= 11 is 0.